The number of quaternary nitrogens is 1. The Balaban J connectivity index is 1.64. The quantitative estimate of drug-likeness (QED) is 0.868. The molecule has 0 spiro atoms. The lowest BCUT2D eigenvalue weighted by atomic mass is 9.93. The van der Waals surface area contributed by atoms with Crippen LogP contribution in [0.4, 0.5) is 5.69 Å². The summed E-state index contributed by atoms with van der Waals surface area (Å²) in [4.78, 5) is 14.1. The van der Waals surface area contributed by atoms with Crippen LogP contribution in [-0.2, 0) is 4.79 Å². The molecule has 3 nitrogen and oxygen atoms in total. The molecule has 0 aromatic heterocycles. The highest BCUT2D eigenvalue weighted by atomic mass is 16.2. The highest BCUT2D eigenvalue weighted by Crippen LogP contribution is 2.18. The van der Waals surface area contributed by atoms with Gasteiger partial charge in [0.15, 0.2) is 6.04 Å². The number of benzene rings is 1. The van der Waals surface area contributed by atoms with Crippen molar-refractivity contribution in [1.82, 2.24) is 0 Å². The molecule has 2 unspecified atom stereocenters. The van der Waals surface area contributed by atoms with E-state index in [1.807, 2.05) is 30.3 Å². The van der Waals surface area contributed by atoms with Gasteiger partial charge in [0.25, 0.3) is 5.91 Å². The maximum Gasteiger partial charge on any atom is 0.282 e. The molecule has 2 atom stereocenters. The lowest BCUT2D eigenvalue weighted by Gasteiger charge is -2.31. The van der Waals surface area contributed by atoms with Crippen LogP contribution >= 0.6 is 0 Å². The summed E-state index contributed by atoms with van der Waals surface area (Å²) in [5.74, 6) is 0.217. The van der Waals surface area contributed by atoms with Gasteiger partial charge >= 0.3 is 0 Å². The zero-order valence-electron chi connectivity index (χ0n) is 12.1. The summed E-state index contributed by atoms with van der Waals surface area (Å²) in [5.41, 5.74) is 0.924. The number of para-hydroxylation sites is 1. The van der Waals surface area contributed by atoms with Crippen LogP contribution in [0.5, 0.6) is 0 Å². The van der Waals surface area contributed by atoms with E-state index in [4.69, 9.17) is 0 Å². The van der Waals surface area contributed by atoms with E-state index < -0.39 is 0 Å². The van der Waals surface area contributed by atoms with Crippen LogP contribution in [0.15, 0.2) is 30.3 Å². The predicted octanol–water partition coefficient (Wildman–Crippen LogP) is 2.01. The summed E-state index contributed by atoms with van der Waals surface area (Å²) in [6.45, 7) is 1.18. The van der Waals surface area contributed by atoms with E-state index in [-0.39, 0.29) is 11.9 Å². The third-order valence-electron chi connectivity index (χ3n) is 4.89. The predicted molar refractivity (Wildman–Crippen MR) is 80.8 cm³/mol. The van der Waals surface area contributed by atoms with Gasteiger partial charge in [-0.2, -0.15) is 0 Å². The average molecular weight is 273 g/mol. The van der Waals surface area contributed by atoms with Crippen LogP contribution in [0.2, 0.25) is 0 Å². The summed E-state index contributed by atoms with van der Waals surface area (Å²) in [6, 6.07) is 10.7. The number of anilines is 1. The molecule has 3 heteroatoms. The van der Waals surface area contributed by atoms with E-state index >= 15 is 0 Å². The number of likely N-dealkylation sites (tertiary alicyclic amines) is 1. The highest BCUT2D eigenvalue weighted by molar-refractivity contribution is 5.93. The molecule has 1 heterocycles. The molecule has 1 saturated heterocycles. The van der Waals surface area contributed by atoms with Gasteiger partial charge in [0.1, 0.15) is 0 Å². The van der Waals surface area contributed by atoms with Crippen molar-refractivity contribution in [3.63, 3.8) is 0 Å². The van der Waals surface area contributed by atoms with Crippen LogP contribution in [0.1, 0.15) is 44.9 Å². The molecule has 2 aliphatic rings. The molecule has 3 rings (SSSR count). The number of carbonyl (C=O) groups is 1. The van der Waals surface area contributed by atoms with Crippen LogP contribution in [-0.4, -0.2) is 24.5 Å². The van der Waals surface area contributed by atoms with E-state index in [0.29, 0.717) is 0 Å². The van der Waals surface area contributed by atoms with Gasteiger partial charge in [-0.25, -0.2) is 0 Å². The highest BCUT2D eigenvalue weighted by Gasteiger charge is 2.39. The number of hydrogen-bond acceptors (Lipinski definition) is 1. The van der Waals surface area contributed by atoms with Crippen molar-refractivity contribution < 1.29 is 9.69 Å². The number of hydrogen-bond donors (Lipinski definition) is 2. The van der Waals surface area contributed by atoms with Crippen molar-refractivity contribution in [3.05, 3.63) is 30.3 Å². The average Bonchev–Trinajstić information content (AvgIpc) is 2.99. The summed E-state index contributed by atoms with van der Waals surface area (Å²) in [6.07, 6.45) is 8.94. The fraction of sp³-hybridized carbons (Fsp3) is 0.588. The SMILES string of the molecule is O=C(Nc1ccccc1)C1CCC[NH+]1C1CCCCC1. The maximum absolute atomic E-state index is 12.5. The Kier molecular flexibility index (Phi) is 4.36. The van der Waals surface area contributed by atoms with E-state index in [1.165, 1.54) is 45.1 Å². The van der Waals surface area contributed by atoms with Crippen LogP contribution < -0.4 is 10.2 Å². The lowest BCUT2D eigenvalue weighted by Crippen LogP contribution is -3.18. The van der Waals surface area contributed by atoms with Crippen molar-refractivity contribution in [1.29, 1.82) is 0 Å². The Morgan fingerprint density at radius 1 is 1.00 bits per heavy atom. The van der Waals surface area contributed by atoms with Crippen molar-refractivity contribution in [2.75, 3.05) is 11.9 Å². The second-order valence-electron chi connectivity index (χ2n) is 6.21. The van der Waals surface area contributed by atoms with Crippen molar-refractivity contribution in [2.45, 2.75) is 57.0 Å². The Hall–Kier alpha value is -1.35. The fourth-order valence-corrected chi connectivity index (χ4v) is 3.88. The van der Waals surface area contributed by atoms with Gasteiger partial charge in [-0.05, 0) is 37.8 Å². The van der Waals surface area contributed by atoms with Gasteiger partial charge in [0, 0.05) is 18.5 Å². The van der Waals surface area contributed by atoms with E-state index in [2.05, 4.69) is 5.32 Å². The first kappa shape index (κ1) is 13.6. The van der Waals surface area contributed by atoms with Gasteiger partial charge in [-0.3, -0.25) is 4.79 Å². The molecule has 1 aromatic rings. The van der Waals surface area contributed by atoms with Crippen LogP contribution in [0.3, 0.4) is 0 Å². The third kappa shape index (κ3) is 3.04. The van der Waals surface area contributed by atoms with Gasteiger partial charge in [-0.1, -0.05) is 24.6 Å². The van der Waals surface area contributed by atoms with Crippen molar-refractivity contribution >= 4 is 11.6 Å². The van der Waals surface area contributed by atoms with Crippen molar-refractivity contribution in [3.8, 4) is 0 Å². The van der Waals surface area contributed by atoms with Crippen LogP contribution in [0, 0.1) is 0 Å². The number of rotatable bonds is 3. The molecule has 2 fully saturated rings. The summed E-state index contributed by atoms with van der Waals surface area (Å²) >= 11 is 0. The first-order valence-electron chi connectivity index (χ1n) is 8.06. The number of amides is 1. The molecular formula is C17H25N2O+. The van der Waals surface area contributed by atoms with Crippen molar-refractivity contribution in [2.24, 2.45) is 0 Å². The Labute approximate surface area is 121 Å². The minimum absolute atomic E-state index is 0.165. The van der Waals surface area contributed by atoms with Gasteiger partial charge < -0.3 is 10.2 Å². The Morgan fingerprint density at radius 2 is 1.75 bits per heavy atom. The Morgan fingerprint density at radius 3 is 2.50 bits per heavy atom. The van der Waals surface area contributed by atoms with Crippen LogP contribution in [0.25, 0.3) is 0 Å². The molecule has 1 saturated carbocycles. The van der Waals surface area contributed by atoms with E-state index in [1.54, 1.807) is 4.90 Å². The molecular weight excluding hydrogens is 248 g/mol. The molecule has 1 aliphatic carbocycles. The normalized spacial score (nSPS) is 27.4. The molecule has 0 radical (unpaired) electrons. The zero-order chi connectivity index (χ0) is 13.8. The maximum atomic E-state index is 12.5. The largest absolute Gasteiger partial charge is 0.322 e. The summed E-state index contributed by atoms with van der Waals surface area (Å²) in [5, 5.41) is 3.09. The minimum atomic E-state index is 0.165. The first-order chi connectivity index (χ1) is 9.84. The molecule has 0 bridgehead atoms. The third-order valence-corrected chi connectivity index (χ3v) is 4.89. The summed E-state index contributed by atoms with van der Waals surface area (Å²) < 4.78 is 0. The van der Waals surface area contributed by atoms with E-state index in [9.17, 15) is 4.79 Å². The number of carbonyl (C=O) groups excluding carboxylic acids is 1. The fourth-order valence-electron chi connectivity index (χ4n) is 3.88. The van der Waals surface area contributed by atoms with Gasteiger partial charge in [-0.15, -0.1) is 0 Å². The minimum Gasteiger partial charge on any atom is -0.322 e. The Bertz CT molecular complexity index is 440. The second-order valence-corrected chi connectivity index (χ2v) is 6.21. The van der Waals surface area contributed by atoms with E-state index in [0.717, 1.165) is 18.2 Å². The standard InChI is InChI=1S/C17H24N2O/c20-17(18-14-8-3-1-4-9-14)16-12-7-13-19(16)15-10-5-2-6-11-15/h1,3-4,8-9,15-16H,2,5-7,10-13H2,(H,18,20)/p+1. The topological polar surface area (TPSA) is 33.5 Å². The van der Waals surface area contributed by atoms with Gasteiger partial charge in [0.2, 0.25) is 0 Å². The summed E-state index contributed by atoms with van der Waals surface area (Å²) in [7, 11) is 0. The molecule has 108 valence electrons. The second kappa shape index (κ2) is 6.40. The molecule has 1 aliphatic heterocycles. The molecule has 2 N–H and O–H groups in total. The number of nitrogens with one attached hydrogen (secondary N) is 2. The zero-order valence-corrected chi connectivity index (χ0v) is 12.1. The molecule has 1 aromatic carbocycles. The lowest BCUT2D eigenvalue weighted by molar-refractivity contribution is -0.929. The van der Waals surface area contributed by atoms with Gasteiger partial charge in [0.05, 0.1) is 12.6 Å². The molecule has 20 heavy (non-hydrogen) atoms. The smallest absolute Gasteiger partial charge is 0.282 e. The monoisotopic (exact) mass is 273 g/mol. The molecule has 1 amide bonds. The first-order valence-corrected chi connectivity index (χ1v) is 8.06.